The van der Waals surface area contributed by atoms with Crippen molar-refractivity contribution in [3.05, 3.63) is 35.9 Å². The fourth-order valence-corrected chi connectivity index (χ4v) is 2.74. The molecular formula is C15H22N2O2. The van der Waals surface area contributed by atoms with Gasteiger partial charge in [-0.05, 0) is 31.4 Å². The molecule has 1 fully saturated rings. The number of carbonyl (C=O) groups excluding carboxylic acids is 1. The Balaban J connectivity index is 1.94. The molecule has 104 valence electrons. The molecule has 1 aromatic carbocycles. The van der Waals surface area contributed by atoms with Gasteiger partial charge in [0.2, 0.25) is 0 Å². The zero-order valence-corrected chi connectivity index (χ0v) is 11.6. The molecule has 0 aliphatic carbocycles. The van der Waals surface area contributed by atoms with Gasteiger partial charge in [-0.1, -0.05) is 30.3 Å². The molecule has 1 aliphatic heterocycles. The Morgan fingerprint density at radius 1 is 1.47 bits per heavy atom. The van der Waals surface area contributed by atoms with Gasteiger partial charge >= 0.3 is 5.97 Å². The molecule has 2 atom stereocenters. The molecule has 1 aromatic rings. The van der Waals surface area contributed by atoms with E-state index in [1.165, 1.54) is 12.7 Å². The predicted molar refractivity (Wildman–Crippen MR) is 74.8 cm³/mol. The number of benzene rings is 1. The second kappa shape index (κ2) is 5.72. The van der Waals surface area contributed by atoms with Crippen molar-refractivity contribution in [2.75, 3.05) is 26.7 Å². The number of esters is 1. The maximum absolute atomic E-state index is 11.6. The molecule has 1 saturated heterocycles. The SMILES string of the molecule is COC(=O)C(C)(N)CN1CCC(c2ccccc2)C1. The highest BCUT2D eigenvalue weighted by atomic mass is 16.5. The molecule has 0 spiro atoms. The predicted octanol–water partition coefficient (Wildman–Crippen LogP) is 1.37. The van der Waals surface area contributed by atoms with Gasteiger partial charge in [-0.25, -0.2) is 0 Å². The summed E-state index contributed by atoms with van der Waals surface area (Å²) in [4.78, 5) is 13.8. The molecular weight excluding hydrogens is 240 g/mol. The van der Waals surface area contributed by atoms with E-state index < -0.39 is 5.54 Å². The summed E-state index contributed by atoms with van der Waals surface area (Å²) in [5, 5.41) is 0. The minimum Gasteiger partial charge on any atom is -0.468 e. The van der Waals surface area contributed by atoms with Crippen LogP contribution in [0.3, 0.4) is 0 Å². The number of methoxy groups -OCH3 is 1. The van der Waals surface area contributed by atoms with Crippen molar-refractivity contribution in [3.63, 3.8) is 0 Å². The van der Waals surface area contributed by atoms with Crippen molar-refractivity contribution < 1.29 is 9.53 Å². The average Bonchev–Trinajstić information content (AvgIpc) is 2.86. The minimum absolute atomic E-state index is 0.351. The van der Waals surface area contributed by atoms with E-state index in [4.69, 9.17) is 10.5 Å². The van der Waals surface area contributed by atoms with Gasteiger partial charge in [0.05, 0.1) is 7.11 Å². The maximum atomic E-state index is 11.6. The molecule has 0 amide bonds. The summed E-state index contributed by atoms with van der Waals surface area (Å²) in [5.74, 6) is 0.185. The Bertz CT molecular complexity index is 431. The van der Waals surface area contributed by atoms with E-state index >= 15 is 0 Å². The van der Waals surface area contributed by atoms with E-state index in [1.54, 1.807) is 6.92 Å². The van der Waals surface area contributed by atoms with Gasteiger partial charge in [0, 0.05) is 13.1 Å². The van der Waals surface area contributed by atoms with E-state index in [0.717, 1.165) is 19.5 Å². The Labute approximate surface area is 114 Å². The molecule has 0 radical (unpaired) electrons. The van der Waals surface area contributed by atoms with E-state index in [9.17, 15) is 4.79 Å². The fourth-order valence-electron chi connectivity index (χ4n) is 2.74. The third kappa shape index (κ3) is 3.33. The van der Waals surface area contributed by atoms with Crippen LogP contribution in [0.4, 0.5) is 0 Å². The molecule has 2 unspecified atom stereocenters. The van der Waals surface area contributed by atoms with Gasteiger partial charge in [-0.15, -0.1) is 0 Å². The third-order valence-electron chi connectivity index (χ3n) is 3.75. The number of carbonyl (C=O) groups is 1. The van der Waals surface area contributed by atoms with Gasteiger partial charge in [0.1, 0.15) is 5.54 Å². The molecule has 0 saturated carbocycles. The molecule has 2 rings (SSSR count). The third-order valence-corrected chi connectivity index (χ3v) is 3.75. The van der Waals surface area contributed by atoms with Crippen molar-refractivity contribution in [1.29, 1.82) is 0 Å². The van der Waals surface area contributed by atoms with E-state index in [-0.39, 0.29) is 5.97 Å². The number of likely N-dealkylation sites (tertiary alicyclic amines) is 1. The quantitative estimate of drug-likeness (QED) is 0.833. The van der Waals surface area contributed by atoms with Crippen LogP contribution < -0.4 is 5.73 Å². The van der Waals surface area contributed by atoms with Crippen LogP contribution in [0, 0.1) is 0 Å². The lowest BCUT2D eigenvalue weighted by molar-refractivity contribution is -0.147. The molecule has 0 bridgehead atoms. The first-order valence-corrected chi connectivity index (χ1v) is 6.67. The van der Waals surface area contributed by atoms with Crippen molar-refractivity contribution in [1.82, 2.24) is 4.90 Å². The second-order valence-electron chi connectivity index (χ2n) is 5.54. The van der Waals surface area contributed by atoms with Crippen LogP contribution in [0.15, 0.2) is 30.3 Å². The van der Waals surface area contributed by atoms with Crippen LogP contribution in [0.5, 0.6) is 0 Å². The number of rotatable bonds is 4. The Morgan fingerprint density at radius 3 is 2.79 bits per heavy atom. The average molecular weight is 262 g/mol. The first-order valence-electron chi connectivity index (χ1n) is 6.67. The van der Waals surface area contributed by atoms with Crippen molar-refractivity contribution in [2.24, 2.45) is 5.73 Å². The maximum Gasteiger partial charge on any atom is 0.326 e. The van der Waals surface area contributed by atoms with Gasteiger partial charge < -0.3 is 15.4 Å². The number of ether oxygens (including phenoxy) is 1. The Morgan fingerprint density at radius 2 is 2.16 bits per heavy atom. The number of hydrogen-bond donors (Lipinski definition) is 1. The van der Waals surface area contributed by atoms with Crippen LogP contribution >= 0.6 is 0 Å². The monoisotopic (exact) mass is 262 g/mol. The summed E-state index contributed by atoms with van der Waals surface area (Å²) < 4.78 is 4.75. The first kappa shape index (κ1) is 14.0. The highest BCUT2D eigenvalue weighted by molar-refractivity contribution is 5.80. The summed E-state index contributed by atoms with van der Waals surface area (Å²) in [5.41, 5.74) is 6.45. The van der Waals surface area contributed by atoms with E-state index in [0.29, 0.717) is 12.5 Å². The van der Waals surface area contributed by atoms with Gasteiger partial charge in [-0.3, -0.25) is 4.79 Å². The highest BCUT2D eigenvalue weighted by Gasteiger charge is 2.34. The molecule has 2 N–H and O–H groups in total. The first-order chi connectivity index (χ1) is 9.03. The standard InChI is InChI=1S/C15H22N2O2/c1-15(16,14(18)19-2)11-17-9-8-13(10-17)12-6-4-3-5-7-12/h3-7,13H,8-11,16H2,1-2H3. The number of nitrogens with zero attached hydrogens (tertiary/aromatic N) is 1. The zero-order valence-electron chi connectivity index (χ0n) is 11.6. The molecule has 1 aliphatic rings. The van der Waals surface area contributed by atoms with Crippen LogP contribution in [0.2, 0.25) is 0 Å². The molecule has 19 heavy (non-hydrogen) atoms. The van der Waals surface area contributed by atoms with E-state index in [1.807, 2.05) is 6.07 Å². The minimum atomic E-state index is -0.930. The summed E-state index contributed by atoms with van der Waals surface area (Å²) in [7, 11) is 1.38. The van der Waals surface area contributed by atoms with Crippen molar-refractivity contribution >= 4 is 5.97 Å². The molecule has 4 heteroatoms. The lowest BCUT2D eigenvalue weighted by atomic mass is 9.98. The normalized spacial score (nSPS) is 23.0. The van der Waals surface area contributed by atoms with Gasteiger partial charge in [0.25, 0.3) is 0 Å². The smallest absolute Gasteiger partial charge is 0.326 e. The lowest BCUT2D eigenvalue weighted by Crippen LogP contribution is -2.53. The number of nitrogens with two attached hydrogens (primary N) is 1. The van der Waals surface area contributed by atoms with Crippen LogP contribution in [-0.2, 0) is 9.53 Å². The number of hydrogen-bond acceptors (Lipinski definition) is 4. The Kier molecular flexibility index (Phi) is 4.22. The van der Waals surface area contributed by atoms with E-state index in [2.05, 4.69) is 29.2 Å². The van der Waals surface area contributed by atoms with Gasteiger partial charge in [0.15, 0.2) is 0 Å². The van der Waals surface area contributed by atoms with Crippen LogP contribution in [0.25, 0.3) is 0 Å². The second-order valence-corrected chi connectivity index (χ2v) is 5.54. The zero-order chi connectivity index (χ0) is 13.9. The largest absolute Gasteiger partial charge is 0.468 e. The molecule has 4 nitrogen and oxygen atoms in total. The fraction of sp³-hybridized carbons (Fsp3) is 0.533. The highest BCUT2D eigenvalue weighted by Crippen LogP contribution is 2.27. The van der Waals surface area contributed by atoms with Crippen molar-refractivity contribution in [2.45, 2.75) is 24.8 Å². The summed E-state index contributed by atoms with van der Waals surface area (Å²) in [6.45, 7) is 4.20. The lowest BCUT2D eigenvalue weighted by Gasteiger charge is -2.27. The van der Waals surface area contributed by atoms with Gasteiger partial charge in [-0.2, -0.15) is 0 Å². The van der Waals surface area contributed by atoms with Crippen LogP contribution in [0.1, 0.15) is 24.8 Å². The molecule has 1 heterocycles. The summed E-state index contributed by atoms with van der Waals surface area (Å²) >= 11 is 0. The molecule has 0 aromatic heterocycles. The Hall–Kier alpha value is -1.39. The summed E-state index contributed by atoms with van der Waals surface area (Å²) in [6, 6.07) is 10.5. The van der Waals surface area contributed by atoms with Crippen molar-refractivity contribution in [3.8, 4) is 0 Å². The topological polar surface area (TPSA) is 55.6 Å². The summed E-state index contributed by atoms with van der Waals surface area (Å²) in [6.07, 6.45) is 1.11. The van der Waals surface area contributed by atoms with Crippen LogP contribution in [-0.4, -0.2) is 43.2 Å².